The number of hydrogen-bond acceptors (Lipinski definition) is 6. The van der Waals surface area contributed by atoms with Crippen molar-refractivity contribution in [3.8, 4) is 10.6 Å². The molecule has 0 bridgehead atoms. The number of halogens is 2. The highest BCUT2D eigenvalue weighted by molar-refractivity contribution is 7.13. The minimum atomic E-state index is -0.741. The summed E-state index contributed by atoms with van der Waals surface area (Å²) in [5.74, 6) is -1.64. The van der Waals surface area contributed by atoms with E-state index in [1.807, 2.05) is 6.92 Å². The smallest absolute Gasteiger partial charge is 0.275 e. The summed E-state index contributed by atoms with van der Waals surface area (Å²) < 4.78 is 33.7. The third-order valence-corrected chi connectivity index (χ3v) is 5.17. The van der Waals surface area contributed by atoms with Crippen LogP contribution in [0.25, 0.3) is 10.6 Å². The van der Waals surface area contributed by atoms with Gasteiger partial charge in [0.25, 0.3) is 5.91 Å². The van der Waals surface area contributed by atoms with Crippen LogP contribution in [-0.2, 0) is 4.74 Å². The van der Waals surface area contributed by atoms with E-state index in [0.717, 1.165) is 48.6 Å². The van der Waals surface area contributed by atoms with Gasteiger partial charge in [0, 0.05) is 18.1 Å². The van der Waals surface area contributed by atoms with E-state index in [4.69, 9.17) is 10.5 Å². The van der Waals surface area contributed by atoms with Gasteiger partial charge in [0.15, 0.2) is 0 Å². The molecule has 6 nitrogen and oxygen atoms in total. The molecule has 0 aliphatic carbocycles. The third-order valence-electron chi connectivity index (χ3n) is 4.31. The van der Waals surface area contributed by atoms with Gasteiger partial charge in [-0.3, -0.25) is 4.79 Å². The summed E-state index contributed by atoms with van der Waals surface area (Å²) in [6.45, 7) is 3.58. The molecule has 0 spiro atoms. The van der Waals surface area contributed by atoms with Crippen LogP contribution in [0.15, 0.2) is 59.1 Å². The van der Waals surface area contributed by atoms with E-state index in [0.29, 0.717) is 12.2 Å². The quantitative estimate of drug-likeness (QED) is 0.457. The maximum atomic E-state index is 14.0. The number of allylic oxidation sites excluding steroid dienone is 1. The Labute approximate surface area is 177 Å². The average molecular weight is 432 g/mol. The molecule has 0 atom stereocenters. The van der Waals surface area contributed by atoms with Crippen LogP contribution in [-0.4, -0.2) is 24.0 Å². The molecule has 2 aromatic rings. The highest BCUT2D eigenvalue weighted by Crippen LogP contribution is 2.29. The minimum absolute atomic E-state index is 0.0196. The van der Waals surface area contributed by atoms with Crippen molar-refractivity contribution in [2.24, 2.45) is 5.73 Å². The molecule has 4 N–H and O–H groups in total. The molecule has 30 heavy (non-hydrogen) atoms. The van der Waals surface area contributed by atoms with Crippen LogP contribution in [0.3, 0.4) is 0 Å². The fourth-order valence-electron chi connectivity index (χ4n) is 2.81. The summed E-state index contributed by atoms with van der Waals surface area (Å²) in [7, 11) is 0. The Balaban J connectivity index is 1.75. The summed E-state index contributed by atoms with van der Waals surface area (Å²) in [6, 6.07) is 3.55. The molecule has 0 unspecified atom stereocenters. The molecule has 2 heterocycles. The molecule has 3 rings (SSSR count). The molecular weight excluding hydrogens is 410 g/mol. The number of nitrogens with one attached hydrogen (secondary N) is 2. The largest absolute Gasteiger partial charge is 0.463 e. The Hall–Kier alpha value is -3.04. The molecule has 1 aromatic carbocycles. The number of nitrogens with two attached hydrogens (primary N) is 1. The second-order valence-corrected chi connectivity index (χ2v) is 7.32. The van der Waals surface area contributed by atoms with Gasteiger partial charge in [-0.15, -0.1) is 11.3 Å². The zero-order chi connectivity index (χ0) is 21.5. The number of aromatic nitrogens is 1. The van der Waals surface area contributed by atoms with Crippen LogP contribution < -0.4 is 16.4 Å². The first-order chi connectivity index (χ1) is 14.5. The van der Waals surface area contributed by atoms with Crippen LogP contribution >= 0.6 is 11.3 Å². The number of amides is 1. The van der Waals surface area contributed by atoms with Crippen molar-refractivity contribution in [2.75, 3.05) is 13.1 Å². The van der Waals surface area contributed by atoms with E-state index in [9.17, 15) is 13.6 Å². The monoisotopic (exact) mass is 432 g/mol. The van der Waals surface area contributed by atoms with Crippen LogP contribution in [0.4, 0.5) is 8.78 Å². The highest BCUT2D eigenvalue weighted by Gasteiger charge is 2.19. The molecule has 1 amide bonds. The maximum absolute atomic E-state index is 14.0. The number of hydrogen-bond donors (Lipinski definition) is 3. The van der Waals surface area contributed by atoms with E-state index < -0.39 is 17.5 Å². The Morgan fingerprint density at radius 1 is 1.40 bits per heavy atom. The fraction of sp³-hybridized carbons (Fsp3) is 0.238. The number of nitrogens with zero attached hydrogens (tertiary/aromatic N) is 1. The van der Waals surface area contributed by atoms with Gasteiger partial charge in [-0.25, -0.2) is 13.8 Å². The molecule has 9 heteroatoms. The first-order valence-electron chi connectivity index (χ1n) is 9.42. The zero-order valence-corrected chi connectivity index (χ0v) is 17.2. The van der Waals surface area contributed by atoms with Gasteiger partial charge in [-0.2, -0.15) is 0 Å². The Bertz CT molecular complexity index is 986. The van der Waals surface area contributed by atoms with Crippen LogP contribution in [0, 0.1) is 11.6 Å². The predicted molar refractivity (Wildman–Crippen MR) is 112 cm³/mol. The average Bonchev–Trinajstić information content (AvgIpc) is 3.41. The lowest BCUT2D eigenvalue weighted by Crippen LogP contribution is -2.25. The second kappa shape index (κ2) is 10.1. The summed E-state index contributed by atoms with van der Waals surface area (Å²) in [5, 5.41) is 7.37. The maximum Gasteiger partial charge on any atom is 0.275 e. The van der Waals surface area contributed by atoms with Crippen LogP contribution in [0.5, 0.6) is 0 Å². The van der Waals surface area contributed by atoms with Crippen molar-refractivity contribution in [3.05, 3.63) is 76.5 Å². The summed E-state index contributed by atoms with van der Waals surface area (Å²) in [5.41, 5.74) is 6.84. The van der Waals surface area contributed by atoms with Gasteiger partial charge >= 0.3 is 0 Å². The Kier molecular flexibility index (Phi) is 7.31. The van der Waals surface area contributed by atoms with Crippen molar-refractivity contribution < 1.29 is 18.3 Å². The lowest BCUT2D eigenvalue weighted by Gasteiger charge is -2.12. The molecule has 1 aromatic heterocycles. The summed E-state index contributed by atoms with van der Waals surface area (Å²) in [6.07, 6.45) is 6.23. The summed E-state index contributed by atoms with van der Waals surface area (Å²) >= 11 is 0.975. The van der Waals surface area contributed by atoms with Crippen LogP contribution in [0.2, 0.25) is 0 Å². The first-order valence-corrected chi connectivity index (χ1v) is 10.3. The number of benzene rings is 1. The molecule has 1 aliphatic heterocycles. The summed E-state index contributed by atoms with van der Waals surface area (Å²) in [4.78, 5) is 16.7. The van der Waals surface area contributed by atoms with Gasteiger partial charge in [0.2, 0.25) is 0 Å². The lowest BCUT2D eigenvalue weighted by molar-refractivity contribution is 0.0959. The van der Waals surface area contributed by atoms with Crippen molar-refractivity contribution >= 4 is 17.2 Å². The highest BCUT2D eigenvalue weighted by atomic mass is 32.1. The molecule has 1 aliphatic rings. The number of ether oxygens (including phenoxy) is 1. The standard InChI is InChI=1S/C21H22F2N4O2S/c1-2-4-18(29-11-13-7-8-25-10-13)16(9-24)26-20(28)17-12-30-21(27-17)19-14(22)5-3-6-15(19)23/h3-6,9,11-12,25H,2,7-8,10,24H2,1H3,(H,26,28)/b13-11-,16-9+,18-4+. The SMILES string of the molecule is CC/C=C(O/C=C1/CCNC1)\C(=C/N)NC(=O)c1csc(-c2c(F)cccc2F)n1. The predicted octanol–water partition coefficient (Wildman–Crippen LogP) is 3.81. The first kappa shape index (κ1) is 21.7. The normalized spacial score (nSPS) is 16.2. The van der Waals surface area contributed by atoms with Crippen molar-refractivity contribution in [3.63, 3.8) is 0 Å². The van der Waals surface area contributed by atoms with Crippen LogP contribution in [0.1, 0.15) is 30.3 Å². The molecule has 158 valence electrons. The Morgan fingerprint density at radius 2 is 2.17 bits per heavy atom. The number of thiazole rings is 1. The van der Waals surface area contributed by atoms with Gasteiger partial charge < -0.3 is 21.1 Å². The molecular formula is C21H22F2N4O2S. The topological polar surface area (TPSA) is 89.3 Å². The lowest BCUT2D eigenvalue weighted by atomic mass is 10.2. The van der Waals surface area contributed by atoms with Crippen molar-refractivity contribution in [2.45, 2.75) is 19.8 Å². The number of carbonyl (C=O) groups is 1. The third kappa shape index (κ3) is 5.11. The van der Waals surface area contributed by atoms with E-state index >= 15 is 0 Å². The van der Waals surface area contributed by atoms with Crippen molar-refractivity contribution in [1.29, 1.82) is 0 Å². The van der Waals surface area contributed by atoms with E-state index in [1.54, 1.807) is 12.3 Å². The van der Waals surface area contributed by atoms with Gasteiger partial charge in [0.1, 0.15) is 28.1 Å². The second-order valence-electron chi connectivity index (χ2n) is 6.47. The molecule has 0 saturated carbocycles. The van der Waals surface area contributed by atoms with E-state index in [1.165, 1.54) is 17.6 Å². The molecule has 1 fully saturated rings. The van der Waals surface area contributed by atoms with Crippen molar-refractivity contribution in [1.82, 2.24) is 15.6 Å². The minimum Gasteiger partial charge on any atom is -0.463 e. The van der Waals surface area contributed by atoms with Gasteiger partial charge in [-0.1, -0.05) is 13.0 Å². The number of rotatable bonds is 7. The molecule has 0 radical (unpaired) electrons. The van der Waals surface area contributed by atoms with Gasteiger partial charge in [0.05, 0.1) is 17.5 Å². The Morgan fingerprint density at radius 3 is 2.80 bits per heavy atom. The van der Waals surface area contributed by atoms with E-state index in [2.05, 4.69) is 15.6 Å². The number of carbonyl (C=O) groups excluding carboxylic acids is 1. The molecule has 1 saturated heterocycles. The zero-order valence-electron chi connectivity index (χ0n) is 16.4. The fourth-order valence-corrected chi connectivity index (χ4v) is 3.65. The van der Waals surface area contributed by atoms with E-state index in [-0.39, 0.29) is 22.0 Å². The van der Waals surface area contributed by atoms with Gasteiger partial charge in [-0.05, 0) is 43.2 Å².